The number of anilines is 3. The van der Waals surface area contributed by atoms with Crippen molar-refractivity contribution >= 4 is 34.5 Å². The Morgan fingerprint density at radius 3 is 2.59 bits per heavy atom. The number of nitrogens with zero attached hydrogens (tertiary/aromatic N) is 3. The second-order valence-electron chi connectivity index (χ2n) is 7.58. The first-order valence-corrected chi connectivity index (χ1v) is 9.79. The van der Waals surface area contributed by atoms with Crippen LogP contribution in [0.25, 0.3) is 10.9 Å². The molecular weight excluding hydrogens is 362 g/mol. The molecule has 0 spiro atoms. The fourth-order valence-corrected chi connectivity index (χ4v) is 3.38. The van der Waals surface area contributed by atoms with Gasteiger partial charge >= 0.3 is 0 Å². The lowest BCUT2D eigenvalue weighted by Gasteiger charge is -2.36. The van der Waals surface area contributed by atoms with Crippen molar-refractivity contribution in [2.75, 3.05) is 29.2 Å². The van der Waals surface area contributed by atoms with Gasteiger partial charge in [0.05, 0.1) is 5.69 Å². The van der Waals surface area contributed by atoms with Gasteiger partial charge in [-0.3, -0.25) is 4.79 Å². The molecule has 0 aliphatic carbocycles. The molecule has 3 rings (SSSR count). The summed E-state index contributed by atoms with van der Waals surface area (Å²) >= 11 is 0. The first-order chi connectivity index (χ1) is 13.9. The fourth-order valence-electron chi connectivity index (χ4n) is 3.38. The zero-order valence-electron chi connectivity index (χ0n) is 17.7. The Morgan fingerprint density at radius 1 is 1.14 bits per heavy atom. The van der Waals surface area contributed by atoms with E-state index in [0.29, 0.717) is 5.57 Å². The summed E-state index contributed by atoms with van der Waals surface area (Å²) in [4.78, 5) is 23.6. The molecule has 2 heterocycles. The summed E-state index contributed by atoms with van der Waals surface area (Å²) in [5, 5.41) is 4.60. The number of para-hydroxylation sites is 1. The number of pyridine rings is 1. The fraction of sp³-hybridized carbons (Fsp3) is 0.304. The monoisotopic (exact) mass is 391 g/mol. The van der Waals surface area contributed by atoms with E-state index in [4.69, 9.17) is 0 Å². The number of aromatic nitrogens is 2. The zero-order valence-corrected chi connectivity index (χ0v) is 17.7. The maximum Gasteiger partial charge on any atom is 0.153 e. The Labute approximate surface area is 172 Å². The highest BCUT2D eigenvalue weighted by Gasteiger charge is 2.23. The molecular formula is C23H29N5O. The molecule has 0 radical (unpaired) electrons. The van der Waals surface area contributed by atoms with E-state index in [-0.39, 0.29) is 12.2 Å². The molecule has 2 aromatic heterocycles. The Hall–Kier alpha value is -3.28. The van der Waals surface area contributed by atoms with E-state index < -0.39 is 0 Å². The quantitative estimate of drug-likeness (QED) is 0.338. The molecule has 1 aromatic carbocycles. The van der Waals surface area contributed by atoms with Crippen LogP contribution in [0, 0.1) is 0 Å². The maximum atomic E-state index is 11.4. The van der Waals surface area contributed by atoms with Crippen LogP contribution in [-0.4, -0.2) is 42.6 Å². The molecule has 0 aliphatic rings. The summed E-state index contributed by atoms with van der Waals surface area (Å²) in [5.41, 5.74) is 2.70. The van der Waals surface area contributed by atoms with Crippen LogP contribution in [0.5, 0.6) is 0 Å². The first-order valence-electron chi connectivity index (χ1n) is 9.79. The number of likely N-dealkylation sites (N-methyl/N-ethyl adjacent to an activating group) is 2. The molecule has 0 bridgehead atoms. The molecule has 3 aromatic rings. The van der Waals surface area contributed by atoms with Crippen molar-refractivity contribution in [1.82, 2.24) is 9.97 Å². The summed E-state index contributed by atoms with van der Waals surface area (Å²) in [6, 6.07) is 14.5. The molecule has 0 amide bonds. The number of benzene rings is 1. The molecule has 0 fully saturated rings. The third-order valence-corrected chi connectivity index (χ3v) is 4.85. The lowest BCUT2D eigenvalue weighted by Crippen LogP contribution is -2.45. The molecule has 1 unspecified atom stereocenters. The Bertz CT molecular complexity index is 974. The number of aromatic amines is 1. The summed E-state index contributed by atoms with van der Waals surface area (Å²) in [7, 11) is 4.01. The Balaban J connectivity index is 2.02. The second kappa shape index (κ2) is 8.82. The first kappa shape index (κ1) is 20.5. The normalized spacial score (nSPS) is 12.8. The minimum atomic E-state index is -0.212. The topological polar surface area (TPSA) is 64.3 Å². The van der Waals surface area contributed by atoms with Crippen molar-refractivity contribution < 1.29 is 4.79 Å². The van der Waals surface area contributed by atoms with Crippen molar-refractivity contribution in [2.24, 2.45) is 0 Å². The SMILES string of the molecule is C/C(C=O)=C\C(N(C)c1cc2ccccc2[nH]1)N(C)c1ncccc1NC(C)C. The van der Waals surface area contributed by atoms with Crippen LogP contribution in [0.1, 0.15) is 20.8 Å². The van der Waals surface area contributed by atoms with Gasteiger partial charge in [0.2, 0.25) is 0 Å². The lowest BCUT2D eigenvalue weighted by atomic mass is 10.2. The molecule has 6 nitrogen and oxygen atoms in total. The molecule has 152 valence electrons. The summed E-state index contributed by atoms with van der Waals surface area (Å²) in [5.74, 6) is 1.79. The van der Waals surface area contributed by atoms with E-state index in [1.807, 2.05) is 51.4 Å². The van der Waals surface area contributed by atoms with Gasteiger partial charge in [-0.1, -0.05) is 18.2 Å². The van der Waals surface area contributed by atoms with Crippen molar-refractivity contribution in [2.45, 2.75) is 33.0 Å². The van der Waals surface area contributed by atoms with Gasteiger partial charge in [-0.15, -0.1) is 0 Å². The Morgan fingerprint density at radius 2 is 1.90 bits per heavy atom. The number of aldehydes is 1. The highest BCUT2D eigenvalue weighted by molar-refractivity contribution is 5.84. The van der Waals surface area contributed by atoms with Gasteiger partial charge in [-0.2, -0.15) is 0 Å². The van der Waals surface area contributed by atoms with Gasteiger partial charge in [0, 0.05) is 37.2 Å². The van der Waals surface area contributed by atoms with Crippen LogP contribution in [0.3, 0.4) is 0 Å². The van der Waals surface area contributed by atoms with Crippen molar-refractivity contribution in [3.8, 4) is 0 Å². The van der Waals surface area contributed by atoms with Crippen LogP contribution in [0.15, 0.2) is 60.3 Å². The number of carbonyl (C=O) groups excluding carboxylic acids is 1. The number of H-pyrrole nitrogens is 1. The molecule has 6 heteroatoms. The number of carbonyl (C=O) groups is 1. The van der Waals surface area contributed by atoms with E-state index in [1.54, 1.807) is 6.20 Å². The molecule has 1 atom stereocenters. The average Bonchev–Trinajstić information content (AvgIpc) is 3.15. The smallest absolute Gasteiger partial charge is 0.153 e. The van der Waals surface area contributed by atoms with Crippen LogP contribution in [0.4, 0.5) is 17.3 Å². The van der Waals surface area contributed by atoms with Crippen LogP contribution in [0.2, 0.25) is 0 Å². The summed E-state index contributed by atoms with van der Waals surface area (Å²) in [6.07, 6.45) is 4.40. The molecule has 2 N–H and O–H groups in total. The maximum absolute atomic E-state index is 11.4. The lowest BCUT2D eigenvalue weighted by molar-refractivity contribution is -0.104. The number of hydrogen-bond donors (Lipinski definition) is 2. The highest BCUT2D eigenvalue weighted by Crippen LogP contribution is 2.28. The van der Waals surface area contributed by atoms with Crippen LogP contribution in [-0.2, 0) is 4.79 Å². The summed E-state index contributed by atoms with van der Waals surface area (Å²) < 4.78 is 0. The number of nitrogens with one attached hydrogen (secondary N) is 2. The number of rotatable bonds is 8. The minimum absolute atomic E-state index is 0.212. The molecule has 0 saturated heterocycles. The van der Waals surface area contributed by atoms with Gasteiger partial charge in [0.25, 0.3) is 0 Å². The van der Waals surface area contributed by atoms with Gasteiger partial charge in [0.1, 0.15) is 18.3 Å². The van der Waals surface area contributed by atoms with E-state index in [2.05, 4.69) is 57.1 Å². The predicted molar refractivity (Wildman–Crippen MR) is 122 cm³/mol. The highest BCUT2D eigenvalue weighted by atomic mass is 16.1. The third kappa shape index (κ3) is 4.59. The average molecular weight is 392 g/mol. The van der Waals surface area contributed by atoms with Gasteiger partial charge in [-0.05, 0) is 56.7 Å². The minimum Gasteiger partial charge on any atom is -0.380 e. The summed E-state index contributed by atoms with van der Waals surface area (Å²) in [6.45, 7) is 6.02. The van der Waals surface area contributed by atoms with E-state index in [1.165, 1.54) is 0 Å². The van der Waals surface area contributed by atoms with Gasteiger partial charge in [0.15, 0.2) is 5.82 Å². The van der Waals surface area contributed by atoms with Crippen molar-refractivity contribution in [3.05, 3.63) is 60.3 Å². The number of hydrogen-bond acceptors (Lipinski definition) is 5. The second-order valence-corrected chi connectivity index (χ2v) is 7.58. The molecule has 0 aliphatic heterocycles. The third-order valence-electron chi connectivity index (χ3n) is 4.85. The largest absolute Gasteiger partial charge is 0.380 e. The number of allylic oxidation sites excluding steroid dienone is 1. The number of fused-ring (bicyclic) bond motifs is 1. The van der Waals surface area contributed by atoms with E-state index in [9.17, 15) is 4.79 Å². The van der Waals surface area contributed by atoms with Gasteiger partial charge in [-0.25, -0.2) is 4.98 Å². The zero-order chi connectivity index (χ0) is 21.0. The van der Waals surface area contributed by atoms with Crippen LogP contribution >= 0.6 is 0 Å². The predicted octanol–water partition coefficient (Wildman–Crippen LogP) is 4.43. The van der Waals surface area contributed by atoms with Crippen molar-refractivity contribution in [3.63, 3.8) is 0 Å². The molecule has 29 heavy (non-hydrogen) atoms. The van der Waals surface area contributed by atoms with Gasteiger partial charge < -0.3 is 20.1 Å². The van der Waals surface area contributed by atoms with Crippen molar-refractivity contribution in [1.29, 1.82) is 0 Å². The standard InChI is InChI=1S/C23H29N5O/c1-16(2)25-20-11-8-12-24-23(20)28(5)22(13-17(3)15-29)27(4)21-14-18-9-6-7-10-19(18)26-21/h6-16,22,25-26H,1-5H3/b17-13+. The van der Waals surface area contributed by atoms with E-state index in [0.717, 1.165) is 34.5 Å². The Kier molecular flexibility index (Phi) is 6.22. The molecule has 0 saturated carbocycles. The van der Waals surface area contributed by atoms with Crippen LogP contribution < -0.4 is 15.1 Å². The van der Waals surface area contributed by atoms with E-state index >= 15 is 0 Å².